The molecule has 0 unspecified atom stereocenters. The van der Waals surface area contributed by atoms with Crippen molar-refractivity contribution in [2.45, 2.75) is 20.0 Å². The van der Waals surface area contributed by atoms with Gasteiger partial charge in [-0.25, -0.2) is 9.59 Å². The molecule has 0 fully saturated rings. The number of aromatic carboxylic acids is 1. The Morgan fingerprint density at radius 2 is 1.95 bits per heavy atom. The zero-order valence-electron chi connectivity index (χ0n) is 11.7. The smallest absolute Gasteiger partial charge is 0.335 e. The van der Waals surface area contributed by atoms with Gasteiger partial charge in [0.2, 0.25) is 5.91 Å². The molecule has 0 spiro atoms. The first kappa shape index (κ1) is 15.0. The summed E-state index contributed by atoms with van der Waals surface area (Å²) in [6.07, 6.45) is 0. The molecule has 7 nitrogen and oxygen atoms in total. The lowest BCUT2D eigenvalue weighted by molar-refractivity contribution is -0.121. The fourth-order valence-electron chi connectivity index (χ4n) is 2.28. The number of amides is 3. The Bertz CT molecular complexity index is 586. The largest absolute Gasteiger partial charge is 0.478 e. The van der Waals surface area contributed by atoms with Gasteiger partial charge >= 0.3 is 12.0 Å². The van der Waals surface area contributed by atoms with Crippen LogP contribution >= 0.6 is 0 Å². The van der Waals surface area contributed by atoms with Gasteiger partial charge in [0.15, 0.2) is 0 Å². The number of urea groups is 1. The van der Waals surface area contributed by atoms with Gasteiger partial charge in [-0.2, -0.15) is 0 Å². The van der Waals surface area contributed by atoms with E-state index in [1.54, 1.807) is 25.1 Å². The average molecular weight is 291 g/mol. The maximum absolute atomic E-state index is 11.7. The van der Waals surface area contributed by atoms with Crippen LogP contribution in [0.1, 0.15) is 28.4 Å². The summed E-state index contributed by atoms with van der Waals surface area (Å²) in [7, 11) is 0. The number of rotatable bonds is 4. The molecule has 1 aliphatic rings. The highest BCUT2D eigenvalue weighted by Crippen LogP contribution is 2.23. The summed E-state index contributed by atoms with van der Waals surface area (Å²) in [6, 6.07) is 4.44. The van der Waals surface area contributed by atoms with Gasteiger partial charge in [-0.05, 0) is 30.2 Å². The molecule has 112 valence electrons. The number of nitrogens with zero attached hydrogens (tertiary/aromatic N) is 1. The molecule has 2 rings (SSSR count). The van der Waals surface area contributed by atoms with Gasteiger partial charge in [-0.15, -0.1) is 0 Å². The second kappa shape index (κ2) is 6.36. The standard InChI is InChI=1S/C14H17N3O4/c1-2-15-14(21)16-12(18)8-17-6-10-4-3-9(13(19)20)5-11(10)7-17/h3-5H,2,6-8H2,1H3,(H,19,20)(H2,15,16,18,21). The molecule has 21 heavy (non-hydrogen) atoms. The SMILES string of the molecule is CCNC(=O)NC(=O)CN1Cc2ccc(C(=O)O)cc2C1. The van der Waals surface area contributed by atoms with Crippen LogP contribution in [0.25, 0.3) is 0 Å². The Kier molecular flexibility index (Phi) is 4.54. The zero-order chi connectivity index (χ0) is 15.4. The molecule has 1 heterocycles. The van der Waals surface area contributed by atoms with Crippen molar-refractivity contribution in [2.75, 3.05) is 13.1 Å². The van der Waals surface area contributed by atoms with Gasteiger partial charge in [0, 0.05) is 19.6 Å². The number of fused-ring (bicyclic) bond motifs is 1. The van der Waals surface area contributed by atoms with Gasteiger partial charge < -0.3 is 10.4 Å². The molecule has 0 saturated heterocycles. The number of carbonyl (C=O) groups is 3. The Balaban J connectivity index is 1.92. The van der Waals surface area contributed by atoms with Crippen LogP contribution in [-0.4, -0.2) is 41.0 Å². The molecule has 0 radical (unpaired) electrons. The van der Waals surface area contributed by atoms with Crippen molar-refractivity contribution in [3.8, 4) is 0 Å². The molecule has 0 aromatic heterocycles. The molecule has 1 aliphatic heterocycles. The number of imide groups is 1. The second-order valence-corrected chi connectivity index (χ2v) is 4.84. The fourth-order valence-corrected chi connectivity index (χ4v) is 2.28. The van der Waals surface area contributed by atoms with Crippen LogP contribution in [0.4, 0.5) is 4.79 Å². The Morgan fingerprint density at radius 1 is 1.24 bits per heavy atom. The lowest BCUT2D eigenvalue weighted by Crippen LogP contribution is -2.43. The van der Waals surface area contributed by atoms with Crippen molar-refractivity contribution in [2.24, 2.45) is 0 Å². The van der Waals surface area contributed by atoms with Crippen molar-refractivity contribution in [1.29, 1.82) is 0 Å². The molecule has 7 heteroatoms. The lowest BCUT2D eigenvalue weighted by atomic mass is 10.1. The monoisotopic (exact) mass is 291 g/mol. The first-order valence-corrected chi connectivity index (χ1v) is 6.64. The van der Waals surface area contributed by atoms with Crippen LogP contribution in [0.2, 0.25) is 0 Å². The first-order chi connectivity index (χ1) is 9.99. The Morgan fingerprint density at radius 3 is 2.62 bits per heavy atom. The number of hydrogen-bond donors (Lipinski definition) is 3. The number of nitrogens with one attached hydrogen (secondary N) is 2. The molecule has 3 amide bonds. The number of carbonyl (C=O) groups excluding carboxylic acids is 2. The van der Waals surface area contributed by atoms with E-state index >= 15 is 0 Å². The van der Waals surface area contributed by atoms with E-state index in [0.29, 0.717) is 19.6 Å². The predicted octanol–water partition coefficient (Wildman–Crippen LogP) is 0.546. The third-order valence-electron chi connectivity index (χ3n) is 3.20. The van der Waals surface area contributed by atoms with Crippen LogP contribution in [0.5, 0.6) is 0 Å². The maximum atomic E-state index is 11.7. The van der Waals surface area contributed by atoms with Crippen molar-refractivity contribution in [3.63, 3.8) is 0 Å². The van der Waals surface area contributed by atoms with Crippen LogP contribution in [0.15, 0.2) is 18.2 Å². The average Bonchev–Trinajstić information content (AvgIpc) is 2.79. The van der Waals surface area contributed by atoms with E-state index in [-0.39, 0.29) is 18.0 Å². The van der Waals surface area contributed by atoms with Crippen LogP contribution in [0.3, 0.4) is 0 Å². The number of carboxylic acids is 1. The van der Waals surface area contributed by atoms with Crippen LogP contribution < -0.4 is 10.6 Å². The van der Waals surface area contributed by atoms with E-state index < -0.39 is 12.0 Å². The third-order valence-corrected chi connectivity index (χ3v) is 3.20. The van der Waals surface area contributed by atoms with Crippen molar-refractivity contribution in [1.82, 2.24) is 15.5 Å². The maximum Gasteiger partial charge on any atom is 0.335 e. The summed E-state index contributed by atoms with van der Waals surface area (Å²) < 4.78 is 0. The van der Waals surface area contributed by atoms with Crippen molar-refractivity contribution in [3.05, 3.63) is 34.9 Å². The van der Waals surface area contributed by atoms with Gasteiger partial charge in [0.05, 0.1) is 12.1 Å². The van der Waals surface area contributed by atoms with Gasteiger partial charge in [-0.3, -0.25) is 15.0 Å². The minimum atomic E-state index is -0.967. The van der Waals surface area contributed by atoms with Crippen molar-refractivity contribution < 1.29 is 19.5 Å². The molecule has 0 bridgehead atoms. The van der Waals surface area contributed by atoms with E-state index in [2.05, 4.69) is 10.6 Å². The van der Waals surface area contributed by atoms with E-state index in [0.717, 1.165) is 11.1 Å². The third kappa shape index (κ3) is 3.79. The summed E-state index contributed by atoms with van der Waals surface area (Å²) >= 11 is 0. The van der Waals surface area contributed by atoms with E-state index in [1.807, 2.05) is 4.90 Å². The second-order valence-electron chi connectivity index (χ2n) is 4.84. The number of hydrogen-bond acceptors (Lipinski definition) is 4. The van der Waals surface area contributed by atoms with E-state index in [9.17, 15) is 14.4 Å². The van der Waals surface area contributed by atoms with E-state index in [4.69, 9.17) is 5.11 Å². The number of benzene rings is 1. The Labute approximate surface area is 121 Å². The predicted molar refractivity (Wildman–Crippen MR) is 74.7 cm³/mol. The molecular formula is C14H17N3O4. The quantitative estimate of drug-likeness (QED) is 0.752. The number of carboxylic acid groups (broad SMARTS) is 1. The molecule has 3 N–H and O–H groups in total. The molecule has 0 atom stereocenters. The summed E-state index contributed by atoms with van der Waals surface area (Å²) in [5, 5.41) is 13.7. The van der Waals surface area contributed by atoms with E-state index in [1.165, 1.54) is 0 Å². The summed E-state index contributed by atoms with van der Waals surface area (Å²) in [4.78, 5) is 35.7. The summed E-state index contributed by atoms with van der Waals surface area (Å²) in [5.41, 5.74) is 2.15. The van der Waals surface area contributed by atoms with Gasteiger partial charge in [-0.1, -0.05) is 6.07 Å². The molecule has 0 aliphatic carbocycles. The highest BCUT2D eigenvalue weighted by atomic mass is 16.4. The normalized spacial score (nSPS) is 13.6. The van der Waals surface area contributed by atoms with Gasteiger partial charge in [0.1, 0.15) is 0 Å². The first-order valence-electron chi connectivity index (χ1n) is 6.64. The lowest BCUT2D eigenvalue weighted by Gasteiger charge is -2.13. The summed E-state index contributed by atoms with van der Waals surface area (Å²) in [6.45, 7) is 3.37. The fraction of sp³-hybridized carbons (Fsp3) is 0.357. The minimum absolute atomic E-state index is 0.0915. The summed E-state index contributed by atoms with van der Waals surface area (Å²) in [5.74, 6) is -1.35. The molecule has 0 saturated carbocycles. The molecular weight excluding hydrogens is 274 g/mol. The molecule has 1 aromatic carbocycles. The van der Waals surface area contributed by atoms with Crippen molar-refractivity contribution >= 4 is 17.9 Å². The topological polar surface area (TPSA) is 98.7 Å². The highest BCUT2D eigenvalue weighted by molar-refractivity contribution is 5.95. The van der Waals surface area contributed by atoms with Crippen LogP contribution in [-0.2, 0) is 17.9 Å². The van der Waals surface area contributed by atoms with Gasteiger partial charge in [0.25, 0.3) is 0 Å². The van der Waals surface area contributed by atoms with Crippen LogP contribution in [0, 0.1) is 0 Å². The zero-order valence-corrected chi connectivity index (χ0v) is 11.7. The highest BCUT2D eigenvalue weighted by Gasteiger charge is 2.22. The minimum Gasteiger partial charge on any atom is -0.478 e. The molecule has 1 aromatic rings. The Hall–Kier alpha value is -2.41.